The van der Waals surface area contributed by atoms with E-state index in [9.17, 15) is 14.5 Å². The van der Waals surface area contributed by atoms with E-state index in [2.05, 4.69) is 21.2 Å². The largest absolute Gasteiger partial charge is 0.392 e. The van der Waals surface area contributed by atoms with Gasteiger partial charge in [0.2, 0.25) is 0 Å². The van der Waals surface area contributed by atoms with Crippen molar-refractivity contribution in [1.29, 1.82) is 0 Å². The van der Waals surface area contributed by atoms with Crippen molar-refractivity contribution < 1.29 is 14.4 Å². The summed E-state index contributed by atoms with van der Waals surface area (Å²) in [7, 11) is 0. The summed E-state index contributed by atoms with van der Waals surface area (Å²) in [5.74, 6) is -0.700. The maximum absolute atomic E-state index is 13.1. The lowest BCUT2D eigenvalue weighted by Gasteiger charge is -2.09. The van der Waals surface area contributed by atoms with Gasteiger partial charge in [0, 0.05) is 6.54 Å². The molecule has 16 heavy (non-hydrogen) atoms. The maximum Gasteiger partial charge on any atom is 0.295 e. The second kappa shape index (κ2) is 5.22. The molecule has 88 valence electrons. The molecular formula is C9H10BrFN2O3. The number of aliphatic hydroxyl groups is 1. The molecule has 1 aromatic carbocycles. The molecule has 2 N–H and O–H groups in total. The lowest BCUT2D eigenvalue weighted by molar-refractivity contribution is -0.384. The number of nitrogens with one attached hydrogen (secondary N) is 1. The Morgan fingerprint density at radius 1 is 1.69 bits per heavy atom. The number of nitro benzene ring substituents is 1. The zero-order valence-electron chi connectivity index (χ0n) is 8.41. The van der Waals surface area contributed by atoms with Gasteiger partial charge < -0.3 is 10.4 Å². The first kappa shape index (κ1) is 12.9. The third-order valence-electron chi connectivity index (χ3n) is 1.82. The molecule has 1 atom stereocenters. The number of anilines is 1. The Labute approximate surface area is 99.6 Å². The number of nitrogens with zero attached hydrogens (tertiary/aromatic N) is 1. The minimum absolute atomic E-state index is 0.131. The van der Waals surface area contributed by atoms with E-state index >= 15 is 0 Å². The van der Waals surface area contributed by atoms with Crippen molar-refractivity contribution in [2.24, 2.45) is 0 Å². The second-order valence-electron chi connectivity index (χ2n) is 3.27. The highest BCUT2D eigenvalue weighted by atomic mass is 79.9. The Morgan fingerprint density at radius 2 is 2.31 bits per heavy atom. The SMILES string of the molecule is CC(O)CNc1cc(Br)c(F)cc1[N+](=O)[O-]. The summed E-state index contributed by atoms with van der Waals surface area (Å²) in [4.78, 5) is 9.97. The van der Waals surface area contributed by atoms with E-state index in [4.69, 9.17) is 5.11 Å². The average Bonchev–Trinajstić information content (AvgIpc) is 2.18. The van der Waals surface area contributed by atoms with Crippen LogP contribution in [0, 0.1) is 15.9 Å². The summed E-state index contributed by atoms with van der Waals surface area (Å²) in [5.41, 5.74) is -0.194. The van der Waals surface area contributed by atoms with E-state index in [1.54, 1.807) is 0 Å². The van der Waals surface area contributed by atoms with Crippen LogP contribution in [0.15, 0.2) is 16.6 Å². The minimum atomic E-state index is -0.700. The molecule has 0 amide bonds. The van der Waals surface area contributed by atoms with Gasteiger partial charge in [0.25, 0.3) is 5.69 Å². The fourth-order valence-corrected chi connectivity index (χ4v) is 1.43. The van der Waals surface area contributed by atoms with Crippen molar-refractivity contribution in [2.75, 3.05) is 11.9 Å². The van der Waals surface area contributed by atoms with Crippen LogP contribution in [0.1, 0.15) is 6.92 Å². The van der Waals surface area contributed by atoms with Crippen LogP contribution in [-0.4, -0.2) is 22.7 Å². The van der Waals surface area contributed by atoms with Crippen LogP contribution in [0.5, 0.6) is 0 Å². The topological polar surface area (TPSA) is 75.4 Å². The molecule has 0 radical (unpaired) electrons. The van der Waals surface area contributed by atoms with Gasteiger partial charge in [-0.3, -0.25) is 10.1 Å². The Balaban J connectivity index is 3.05. The summed E-state index contributed by atoms with van der Waals surface area (Å²) in [6.45, 7) is 1.69. The van der Waals surface area contributed by atoms with Crippen LogP contribution in [0.2, 0.25) is 0 Å². The van der Waals surface area contributed by atoms with Crippen LogP contribution >= 0.6 is 15.9 Å². The van der Waals surface area contributed by atoms with Gasteiger partial charge in [-0.2, -0.15) is 0 Å². The molecular weight excluding hydrogens is 283 g/mol. The van der Waals surface area contributed by atoms with Crippen molar-refractivity contribution in [3.8, 4) is 0 Å². The van der Waals surface area contributed by atoms with Gasteiger partial charge in [-0.15, -0.1) is 0 Å². The molecule has 0 bridgehead atoms. The molecule has 5 nitrogen and oxygen atoms in total. The van der Waals surface area contributed by atoms with Crippen molar-refractivity contribution in [2.45, 2.75) is 13.0 Å². The summed E-state index contributed by atoms with van der Waals surface area (Å²) >= 11 is 2.94. The molecule has 0 saturated carbocycles. The predicted octanol–water partition coefficient (Wildman–Crippen LogP) is 2.29. The summed E-state index contributed by atoms with van der Waals surface area (Å²) < 4.78 is 13.2. The van der Waals surface area contributed by atoms with Crippen LogP contribution in [0.4, 0.5) is 15.8 Å². The van der Waals surface area contributed by atoms with Gasteiger partial charge in [-0.1, -0.05) is 0 Å². The zero-order chi connectivity index (χ0) is 12.3. The van der Waals surface area contributed by atoms with E-state index < -0.39 is 16.8 Å². The normalized spacial score (nSPS) is 12.2. The number of aliphatic hydroxyl groups excluding tert-OH is 1. The van der Waals surface area contributed by atoms with Crippen molar-refractivity contribution in [3.05, 3.63) is 32.5 Å². The highest BCUT2D eigenvalue weighted by molar-refractivity contribution is 9.10. The fourth-order valence-electron chi connectivity index (χ4n) is 1.09. The van der Waals surface area contributed by atoms with Crippen molar-refractivity contribution in [3.63, 3.8) is 0 Å². The van der Waals surface area contributed by atoms with Gasteiger partial charge in [0.15, 0.2) is 0 Å². The molecule has 0 heterocycles. The number of halogens is 2. The summed E-state index contributed by atoms with van der Waals surface area (Å²) in [6.07, 6.45) is -0.650. The third-order valence-corrected chi connectivity index (χ3v) is 2.43. The first-order chi connectivity index (χ1) is 7.41. The van der Waals surface area contributed by atoms with Crippen molar-refractivity contribution in [1.82, 2.24) is 0 Å². The minimum Gasteiger partial charge on any atom is -0.392 e. The smallest absolute Gasteiger partial charge is 0.295 e. The molecule has 0 saturated heterocycles. The molecule has 0 fully saturated rings. The second-order valence-corrected chi connectivity index (χ2v) is 4.12. The summed E-state index contributed by atoms with van der Waals surface area (Å²) in [5, 5.41) is 22.4. The lowest BCUT2D eigenvalue weighted by atomic mass is 10.2. The Hall–Kier alpha value is -1.21. The van der Waals surface area contributed by atoms with Gasteiger partial charge in [-0.25, -0.2) is 4.39 Å². The highest BCUT2D eigenvalue weighted by Crippen LogP contribution is 2.30. The standard InChI is InChI=1S/C9H10BrFN2O3/c1-5(14)4-12-8-2-6(10)7(11)3-9(8)13(15)16/h2-3,5,12,14H,4H2,1H3. The van der Waals surface area contributed by atoms with Crippen LogP contribution in [0.3, 0.4) is 0 Å². The first-order valence-corrected chi connectivity index (χ1v) is 5.26. The van der Waals surface area contributed by atoms with Crippen molar-refractivity contribution >= 4 is 27.3 Å². The van der Waals surface area contributed by atoms with Gasteiger partial charge in [0.05, 0.1) is 21.6 Å². The molecule has 1 rings (SSSR count). The van der Waals surface area contributed by atoms with Crippen LogP contribution < -0.4 is 5.32 Å². The number of rotatable bonds is 4. The Bertz CT molecular complexity index is 412. The predicted molar refractivity (Wildman–Crippen MR) is 60.9 cm³/mol. The van der Waals surface area contributed by atoms with Gasteiger partial charge in [0.1, 0.15) is 11.5 Å². The quantitative estimate of drug-likeness (QED) is 0.659. The summed E-state index contributed by atoms with van der Waals surface area (Å²) in [6, 6.07) is 2.10. The molecule has 0 aliphatic heterocycles. The van der Waals surface area contributed by atoms with Gasteiger partial charge >= 0.3 is 0 Å². The van der Waals surface area contributed by atoms with E-state index in [-0.39, 0.29) is 22.4 Å². The Kier molecular flexibility index (Phi) is 4.19. The van der Waals surface area contributed by atoms with Crippen LogP contribution in [0.25, 0.3) is 0 Å². The van der Waals surface area contributed by atoms with Gasteiger partial charge in [-0.05, 0) is 28.9 Å². The fraction of sp³-hybridized carbons (Fsp3) is 0.333. The number of hydrogen-bond donors (Lipinski definition) is 2. The molecule has 7 heteroatoms. The average molecular weight is 293 g/mol. The first-order valence-electron chi connectivity index (χ1n) is 4.47. The number of benzene rings is 1. The molecule has 1 unspecified atom stereocenters. The maximum atomic E-state index is 13.1. The van der Waals surface area contributed by atoms with Crippen LogP contribution in [-0.2, 0) is 0 Å². The van der Waals surface area contributed by atoms with E-state index in [1.165, 1.54) is 13.0 Å². The zero-order valence-corrected chi connectivity index (χ0v) is 9.99. The van der Waals surface area contributed by atoms with E-state index in [0.29, 0.717) is 0 Å². The van der Waals surface area contributed by atoms with E-state index in [1.807, 2.05) is 0 Å². The molecule has 0 aromatic heterocycles. The lowest BCUT2D eigenvalue weighted by Crippen LogP contribution is -2.16. The molecule has 0 spiro atoms. The van der Waals surface area contributed by atoms with E-state index in [0.717, 1.165) is 6.07 Å². The highest BCUT2D eigenvalue weighted by Gasteiger charge is 2.17. The third kappa shape index (κ3) is 3.14. The number of hydrogen-bond acceptors (Lipinski definition) is 4. The molecule has 0 aliphatic carbocycles. The monoisotopic (exact) mass is 292 g/mol. The molecule has 0 aliphatic rings. The number of nitro groups is 1. The molecule has 1 aromatic rings. The Morgan fingerprint density at radius 3 is 2.81 bits per heavy atom.